The van der Waals surface area contributed by atoms with Gasteiger partial charge in [-0.25, -0.2) is 9.59 Å². The maximum Gasteiger partial charge on any atom is 0.407 e. The van der Waals surface area contributed by atoms with Crippen LogP contribution in [0, 0.1) is 5.41 Å². The topological polar surface area (TPSA) is 176 Å². The van der Waals surface area contributed by atoms with Gasteiger partial charge < -0.3 is 31.0 Å². The van der Waals surface area contributed by atoms with Gasteiger partial charge in [0.2, 0.25) is 0 Å². The summed E-state index contributed by atoms with van der Waals surface area (Å²) in [6.07, 6.45) is 2.56. The van der Waals surface area contributed by atoms with Crippen LogP contribution in [0.1, 0.15) is 30.9 Å². The minimum atomic E-state index is -1.33. The van der Waals surface area contributed by atoms with E-state index >= 15 is 0 Å². The number of nitrogen functional groups attached to an aromatic ring is 1. The molecule has 0 bridgehead atoms. The molecule has 0 fully saturated rings. The van der Waals surface area contributed by atoms with E-state index in [-0.39, 0.29) is 19.0 Å². The number of hydrogen-bond acceptors (Lipinski definition) is 7. The van der Waals surface area contributed by atoms with Crippen molar-refractivity contribution in [3.63, 3.8) is 0 Å². The molecule has 1 aromatic carbocycles. The van der Waals surface area contributed by atoms with Crippen LogP contribution in [0.25, 0.3) is 0 Å². The van der Waals surface area contributed by atoms with Gasteiger partial charge in [0.1, 0.15) is 11.9 Å². The molecule has 11 heteroatoms. The third kappa shape index (κ3) is 10.1. The van der Waals surface area contributed by atoms with Crippen molar-refractivity contribution < 1.29 is 29.1 Å². The molecule has 0 spiro atoms. The molecule has 0 aromatic heterocycles. The van der Waals surface area contributed by atoms with Crippen molar-refractivity contribution >= 4 is 30.0 Å². The summed E-state index contributed by atoms with van der Waals surface area (Å²) in [6, 6.07) is 5.69. The Labute approximate surface area is 174 Å². The Morgan fingerprint density at radius 1 is 1.30 bits per heavy atom. The van der Waals surface area contributed by atoms with Crippen molar-refractivity contribution in [3.05, 3.63) is 35.4 Å². The number of carbonyl (C=O) groups is 3. The van der Waals surface area contributed by atoms with E-state index < -0.39 is 30.6 Å². The lowest BCUT2D eigenvalue weighted by atomic mass is 10.1. The van der Waals surface area contributed by atoms with Gasteiger partial charge in [0.25, 0.3) is 5.91 Å². The number of oxime groups is 1. The van der Waals surface area contributed by atoms with Crippen LogP contribution in [0.2, 0.25) is 0 Å². The predicted molar refractivity (Wildman–Crippen MR) is 109 cm³/mol. The molecule has 1 aromatic rings. The molecule has 6 N–H and O–H groups in total. The maximum absolute atomic E-state index is 11.7. The number of carboxylic acid groups (broad SMARTS) is 1. The fourth-order valence-electron chi connectivity index (χ4n) is 2.07. The highest BCUT2D eigenvalue weighted by molar-refractivity contribution is 5.94. The van der Waals surface area contributed by atoms with Gasteiger partial charge in [-0.05, 0) is 12.0 Å². The Balaban J connectivity index is 2.30. The smallest absolute Gasteiger partial charge is 0.407 e. The zero-order valence-corrected chi connectivity index (χ0v) is 16.7. The fraction of sp³-hybridized carbons (Fsp3) is 0.421. The van der Waals surface area contributed by atoms with E-state index in [1.165, 1.54) is 6.21 Å². The second-order valence-corrected chi connectivity index (χ2v) is 6.20. The normalized spacial score (nSPS) is 11.5. The molecule has 0 aliphatic heterocycles. The van der Waals surface area contributed by atoms with E-state index in [9.17, 15) is 14.4 Å². The standard InChI is InChI=1S/C19H27N5O6/c1-2-3-10-29-19(28)24-15(18(26)27)11-22-16(25)12-30-23-9-8-13-4-6-14(7-5-13)17(20)21/h4-7,9,15H,2-3,8,10-12H2,1H3,(H3,20,21)(H,22,25)(H,24,28)(H,26,27)/b23-9+/t15-/m0/s1. The quantitative estimate of drug-likeness (QED) is 0.134. The molecule has 11 nitrogen and oxygen atoms in total. The van der Waals surface area contributed by atoms with E-state index in [2.05, 4.69) is 15.8 Å². The minimum Gasteiger partial charge on any atom is -0.480 e. The van der Waals surface area contributed by atoms with Crippen molar-refractivity contribution in [1.82, 2.24) is 10.6 Å². The van der Waals surface area contributed by atoms with Gasteiger partial charge in [-0.15, -0.1) is 0 Å². The molecule has 30 heavy (non-hydrogen) atoms. The molecule has 0 heterocycles. The Morgan fingerprint density at radius 2 is 2.00 bits per heavy atom. The molecule has 0 saturated heterocycles. The molecular formula is C19H27N5O6. The lowest BCUT2D eigenvalue weighted by Gasteiger charge is -2.15. The highest BCUT2D eigenvalue weighted by Crippen LogP contribution is 2.03. The summed E-state index contributed by atoms with van der Waals surface area (Å²) in [5.41, 5.74) is 6.91. The summed E-state index contributed by atoms with van der Waals surface area (Å²) >= 11 is 0. The van der Waals surface area contributed by atoms with Crippen LogP contribution in [0.4, 0.5) is 4.79 Å². The molecule has 1 rings (SSSR count). The van der Waals surface area contributed by atoms with Crippen LogP contribution >= 0.6 is 0 Å². The zero-order chi connectivity index (χ0) is 22.4. The SMILES string of the molecule is CCCCOC(=O)N[C@@H](CNC(=O)CO/N=C/Cc1ccc(C(=N)N)cc1)C(=O)O. The van der Waals surface area contributed by atoms with Crippen LogP contribution < -0.4 is 16.4 Å². The number of rotatable bonds is 13. The molecular weight excluding hydrogens is 394 g/mol. The van der Waals surface area contributed by atoms with Crippen molar-refractivity contribution in [2.24, 2.45) is 10.9 Å². The summed E-state index contributed by atoms with van der Waals surface area (Å²) in [5.74, 6) is -1.92. The van der Waals surface area contributed by atoms with Crippen molar-refractivity contribution in [2.45, 2.75) is 32.2 Å². The summed E-state index contributed by atoms with van der Waals surface area (Å²) in [6.45, 7) is 1.38. The molecule has 0 unspecified atom stereocenters. The van der Waals surface area contributed by atoms with Crippen LogP contribution in [0.15, 0.2) is 29.4 Å². The summed E-state index contributed by atoms with van der Waals surface area (Å²) in [5, 5.41) is 24.6. The Bertz CT molecular complexity index is 750. The van der Waals surface area contributed by atoms with E-state index in [1.54, 1.807) is 24.3 Å². The lowest BCUT2D eigenvalue weighted by Crippen LogP contribution is -2.49. The van der Waals surface area contributed by atoms with Gasteiger partial charge in [-0.1, -0.05) is 42.8 Å². The van der Waals surface area contributed by atoms with Crippen LogP contribution in [0.3, 0.4) is 0 Å². The molecule has 0 aliphatic carbocycles. The number of alkyl carbamates (subject to hydrolysis) is 1. The van der Waals surface area contributed by atoms with Crippen LogP contribution in [-0.2, 0) is 25.6 Å². The fourth-order valence-corrected chi connectivity index (χ4v) is 2.07. The average Bonchev–Trinajstić information content (AvgIpc) is 2.71. The molecule has 164 valence electrons. The molecule has 0 aliphatic rings. The van der Waals surface area contributed by atoms with E-state index in [4.69, 9.17) is 25.8 Å². The third-order valence-electron chi connectivity index (χ3n) is 3.76. The second-order valence-electron chi connectivity index (χ2n) is 6.20. The minimum absolute atomic E-state index is 0.0155. The Morgan fingerprint density at radius 3 is 2.60 bits per heavy atom. The number of nitrogens with one attached hydrogen (secondary N) is 3. The van der Waals surface area contributed by atoms with Gasteiger partial charge in [-0.2, -0.15) is 0 Å². The van der Waals surface area contributed by atoms with E-state index in [0.29, 0.717) is 18.4 Å². The highest BCUT2D eigenvalue weighted by atomic mass is 16.6. The summed E-state index contributed by atoms with van der Waals surface area (Å²) in [7, 11) is 0. The number of amides is 2. The Hall–Kier alpha value is -3.63. The Kier molecular flexibility index (Phi) is 11.0. The largest absolute Gasteiger partial charge is 0.480 e. The van der Waals surface area contributed by atoms with Crippen LogP contribution in [0.5, 0.6) is 0 Å². The average molecular weight is 421 g/mol. The maximum atomic E-state index is 11.7. The van der Waals surface area contributed by atoms with E-state index in [1.807, 2.05) is 6.92 Å². The zero-order valence-electron chi connectivity index (χ0n) is 16.7. The van der Waals surface area contributed by atoms with Crippen molar-refractivity contribution in [2.75, 3.05) is 19.8 Å². The number of ether oxygens (including phenoxy) is 1. The molecule has 2 amide bonds. The number of carbonyl (C=O) groups excluding carboxylic acids is 2. The first-order valence-corrected chi connectivity index (χ1v) is 9.33. The number of unbranched alkanes of at least 4 members (excludes halogenated alkanes) is 1. The molecule has 1 atom stereocenters. The number of amidine groups is 1. The van der Waals surface area contributed by atoms with Gasteiger partial charge >= 0.3 is 12.1 Å². The highest BCUT2D eigenvalue weighted by Gasteiger charge is 2.21. The van der Waals surface area contributed by atoms with Gasteiger partial charge in [0.05, 0.1) is 6.61 Å². The monoisotopic (exact) mass is 421 g/mol. The summed E-state index contributed by atoms with van der Waals surface area (Å²) < 4.78 is 4.83. The summed E-state index contributed by atoms with van der Waals surface area (Å²) in [4.78, 5) is 39.3. The predicted octanol–water partition coefficient (Wildman–Crippen LogP) is 0.611. The van der Waals surface area contributed by atoms with Gasteiger partial charge in [-0.3, -0.25) is 10.2 Å². The first-order chi connectivity index (χ1) is 14.3. The van der Waals surface area contributed by atoms with Crippen molar-refractivity contribution in [3.8, 4) is 0 Å². The van der Waals surface area contributed by atoms with E-state index in [0.717, 1.165) is 12.0 Å². The van der Waals surface area contributed by atoms with Gasteiger partial charge in [0, 0.05) is 24.7 Å². The molecule has 0 radical (unpaired) electrons. The number of nitrogens with zero attached hydrogens (tertiary/aromatic N) is 1. The lowest BCUT2D eigenvalue weighted by molar-refractivity contribution is -0.139. The number of nitrogens with two attached hydrogens (primary N) is 1. The van der Waals surface area contributed by atoms with Gasteiger partial charge in [0.15, 0.2) is 6.61 Å². The number of benzene rings is 1. The first kappa shape index (κ1) is 24.4. The number of aliphatic carboxylic acids is 1. The third-order valence-corrected chi connectivity index (χ3v) is 3.76. The molecule has 0 saturated carbocycles. The first-order valence-electron chi connectivity index (χ1n) is 9.33. The van der Waals surface area contributed by atoms with Crippen molar-refractivity contribution in [1.29, 1.82) is 5.41 Å². The van der Waals surface area contributed by atoms with Crippen LogP contribution in [-0.4, -0.2) is 60.9 Å². The second kappa shape index (κ2) is 13.5. The number of hydrogen-bond donors (Lipinski definition) is 5. The number of carboxylic acids is 1.